The molecule has 0 radical (unpaired) electrons. The second-order valence-electron chi connectivity index (χ2n) is 5.26. The summed E-state index contributed by atoms with van der Waals surface area (Å²) >= 11 is 0. The van der Waals surface area contributed by atoms with E-state index in [1.165, 1.54) is 0 Å². The second kappa shape index (κ2) is 5.71. The van der Waals surface area contributed by atoms with Gasteiger partial charge in [0, 0.05) is 4.90 Å². The first kappa shape index (κ1) is 14.7. The van der Waals surface area contributed by atoms with E-state index in [-0.39, 0.29) is 5.75 Å². The molecule has 5 heteroatoms. The number of hydrogen-bond acceptors (Lipinski definition) is 4. The molecule has 1 saturated heterocycles. The molecular formula is C14H20O4S. The minimum atomic E-state index is -1.23. The van der Waals surface area contributed by atoms with E-state index in [1.807, 2.05) is 31.2 Å². The molecule has 1 aliphatic heterocycles. The molecule has 106 valence electrons. The number of benzene rings is 1. The Hall–Kier alpha value is -0.750. The summed E-state index contributed by atoms with van der Waals surface area (Å²) in [5.41, 5.74) is 1.12. The monoisotopic (exact) mass is 284 g/mol. The average molecular weight is 284 g/mol. The second-order valence-corrected chi connectivity index (χ2v) is 6.76. The molecule has 1 aliphatic rings. The van der Waals surface area contributed by atoms with Crippen LogP contribution in [0.1, 0.15) is 19.4 Å². The van der Waals surface area contributed by atoms with E-state index in [0.29, 0.717) is 6.61 Å². The molecule has 1 fully saturated rings. The molecule has 4 nitrogen and oxygen atoms in total. The van der Waals surface area contributed by atoms with Gasteiger partial charge in [0.2, 0.25) is 0 Å². The number of aryl methyl sites for hydroxylation is 1. The summed E-state index contributed by atoms with van der Waals surface area (Å²) in [7, 11) is -1.23. The Morgan fingerprint density at radius 2 is 2.05 bits per heavy atom. The van der Waals surface area contributed by atoms with Gasteiger partial charge in [-0.05, 0) is 32.9 Å². The van der Waals surface area contributed by atoms with Crippen LogP contribution < -0.4 is 0 Å². The average Bonchev–Trinajstić information content (AvgIpc) is 2.70. The molecule has 0 amide bonds. The van der Waals surface area contributed by atoms with E-state index >= 15 is 0 Å². The van der Waals surface area contributed by atoms with Crippen molar-refractivity contribution in [3.05, 3.63) is 29.8 Å². The van der Waals surface area contributed by atoms with Crippen LogP contribution in [-0.4, -0.2) is 39.7 Å². The molecule has 1 heterocycles. The Balaban J connectivity index is 1.94. The van der Waals surface area contributed by atoms with Gasteiger partial charge in [-0.25, -0.2) is 0 Å². The summed E-state index contributed by atoms with van der Waals surface area (Å²) in [5, 5.41) is 10.1. The van der Waals surface area contributed by atoms with E-state index in [1.54, 1.807) is 13.8 Å². The number of hydrogen-bond donors (Lipinski definition) is 1. The first-order chi connectivity index (χ1) is 8.87. The maximum atomic E-state index is 12.1. The molecule has 0 aromatic heterocycles. The lowest BCUT2D eigenvalue weighted by molar-refractivity contribution is -0.149. The predicted octanol–water partition coefficient (Wildman–Crippen LogP) is 1.62. The van der Waals surface area contributed by atoms with Crippen molar-refractivity contribution in [3.63, 3.8) is 0 Å². The third kappa shape index (κ3) is 3.86. The maximum absolute atomic E-state index is 12.1. The fourth-order valence-corrected chi connectivity index (χ4v) is 3.11. The van der Waals surface area contributed by atoms with E-state index in [9.17, 15) is 9.32 Å². The third-order valence-electron chi connectivity index (χ3n) is 3.07. The number of aliphatic hydroxyl groups excluding tert-OH is 1. The first-order valence-corrected chi connectivity index (χ1v) is 7.64. The highest BCUT2D eigenvalue weighted by molar-refractivity contribution is 7.85. The van der Waals surface area contributed by atoms with Gasteiger partial charge in [0.1, 0.15) is 6.10 Å². The predicted molar refractivity (Wildman–Crippen MR) is 73.4 cm³/mol. The fraction of sp³-hybridized carbons (Fsp3) is 0.571. The summed E-state index contributed by atoms with van der Waals surface area (Å²) < 4.78 is 23.1. The smallest absolute Gasteiger partial charge is 0.163 e. The van der Waals surface area contributed by atoms with E-state index in [2.05, 4.69) is 0 Å². The number of aliphatic hydroxyl groups is 1. The standard InChI is InChI=1S/C14H20O4S/c1-10-4-6-11(7-5-10)19(16)9-12(15)13-8-17-14(2,3)18-13/h4-7,12-13,15H,8-9H2,1-3H3/t12-,13+,19+/m0/s1. The highest BCUT2D eigenvalue weighted by Crippen LogP contribution is 2.25. The molecule has 0 bridgehead atoms. The van der Waals surface area contributed by atoms with Crippen molar-refractivity contribution in [2.45, 2.75) is 43.7 Å². The van der Waals surface area contributed by atoms with Gasteiger partial charge in [-0.15, -0.1) is 0 Å². The quantitative estimate of drug-likeness (QED) is 0.913. The zero-order valence-corrected chi connectivity index (χ0v) is 12.3. The van der Waals surface area contributed by atoms with Crippen molar-refractivity contribution in [2.75, 3.05) is 12.4 Å². The van der Waals surface area contributed by atoms with Crippen molar-refractivity contribution >= 4 is 10.8 Å². The van der Waals surface area contributed by atoms with Gasteiger partial charge in [0.15, 0.2) is 5.79 Å². The summed E-state index contributed by atoms with van der Waals surface area (Å²) in [5.74, 6) is -0.510. The Kier molecular flexibility index (Phi) is 4.40. The largest absolute Gasteiger partial charge is 0.389 e. The number of ether oxygens (including phenoxy) is 2. The van der Waals surface area contributed by atoms with Crippen LogP contribution in [0.25, 0.3) is 0 Å². The molecular weight excluding hydrogens is 264 g/mol. The van der Waals surface area contributed by atoms with Gasteiger partial charge in [0.25, 0.3) is 0 Å². The Bertz CT molecular complexity index is 455. The van der Waals surface area contributed by atoms with Gasteiger partial charge in [-0.1, -0.05) is 17.7 Å². The molecule has 0 unspecified atom stereocenters. The third-order valence-corrected chi connectivity index (χ3v) is 4.51. The first-order valence-electron chi connectivity index (χ1n) is 6.32. The van der Waals surface area contributed by atoms with Crippen LogP contribution in [0.2, 0.25) is 0 Å². The van der Waals surface area contributed by atoms with Gasteiger partial charge in [-0.2, -0.15) is 0 Å². The van der Waals surface area contributed by atoms with Gasteiger partial charge >= 0.3 is 0 Å². The highest BCUT2D eigenvalue weighted by atomic mass is 32.2. The molecule has 1 aromatic rings. The summed E-state index contributed by atoms with van der Waals surface area (Å²) in [6, 6.07) is 7.48. The van der Waals surface area contributed by atoms with E-state index in [4.69, 9.17) is 9.47 Å². The van der Waals surface area contributed by atoms with E-state index in [0.717, 1.165) is 10.5 Å². The van der Waals surface area contributed by atoms with E-state index < -0.39 is 28.8 Å². The van der Waals surface area contributed by atoms with Gasteiger partial charge in [0.05, 0.1) is 29.3 Å². The SMILES string of the molecule is Cc1ccc([S@](=O)C[C@H](O)[C@H]2COC(C)(C)O2)cc1. The van der Waals surface area contributed by atoms with Crippen molar-refractivity contribution in [1.29, 1.82) is 0 Å². The molecule has 1 N–H and O–H groups in total. The minimum Gasteiger partial charge on any atom is -0.389 e. The lowest BCUT2D eigenvalue weighted by atomic mass is 10.2. The summed E-state index contributed by atoms with van der Waals surface area (Å²) in [6.45, 7) is 5.92. The van der Waals surface area contributed by atoms with Crippen LogP contribution in [-0.2, 0) is 20.3 Å². The van der Waals surface area contributed by atoms with Crippen LogP contribution in [0.4, 0.5) is 0 Å². The maximum Gasteiger partial charge on any atom is 0.163 e. The summed E-state index contributed by atoms with van der Waals surface area (Å²) in [4.78, 5) is 0.725. The molecule has 19 heavy (non-hydrogen) atoms. The summed E-state index contributed by atoms with van der Waals surface area (Å²) in [6.07, 6.45) is -1.20. The van der Waals surface area contributed by atoms with Crippen LogP contribution in [0, 0.1) is 6.92 Å². The Morgan fingerprint density at radius 1 is 1.42 bits per heavy atom. The fourth-order valence-electron chi connectivity index (χ4n) is 1.95. The zero-order chi connectivity index (χ0) is 14.0. The minimum absolute atomic E-state index is 0.160. The van der Waals surface area contributed by atoms with Crippen LogP contribution in [0.15, 0.2) is 29.2 Å². The molecule has 2 rings (SSSR count). The van der Waals surface area contributed by atoms with Crippen molar-refractivity contribution < 1.29 is 18.8 Å². The van der Waals surface area contributed by atoms with Crippen LogP contribution in [0.5, 0.6) is 0 Å². The molecule has 1 aromatic carbocycles. The molecule has 3 atom stereocenters. The van der Waals surface area contributed by atoms with Gasteiger partial charge in [-0.3, -0.25) is 4.21 Å². The lowest BCUT2D eigenvalue weighted by Gasteiger charge is -2.20. The van der Waals surface area contributed by atoms with Gasteiger partial charge < -0.3 is 14.6 Å². The molecule has 0 aliphatic carbocycles. The topological polar surface area (TPSA) is 55.8 Å². The lowest BCUT2D eigenvalue weighted by Crippen LogP contribution is -2.34. The van der Waals surface area contributed by atoms with Crippen molar-refractivity contribution in [3.8, 4) is 0 Å². The zero-order valence-electron chi connectivity index (χ0n) is 11.5. The van der Waals surface area contributed by atoms with Crippen molar-refractivity contribution in [2.24, 2.45) is 0 Å². The normalized spacial score (nSPS) is 25.2. The number of rotatable bonds is 4. The Labute approximate surface area is 116 Å². The van der Waals surface area contributed by atoms with Crippen LogP contribution in [0.3, 0.4) is 0 Å². The Morgan fingerprint density at radius 3 is 2.58 bits per heavy atom. The van der Waals surface area contributed by atoms with Crippen molar-refractivity contribution in [1.82, 2.24) is 0 Å². The van der Waals surface area contributed by atoms with Crippen LogP contribution >= 0.6 is 0 Å². The molecule has 0 saturated carbocycles. The highest BCUT2D eigenvalue weighted by Gasteiger charge is 2.37. The molecule has 0 spiro atoms.